The molecule has 1 N–H and O–H groups in total. The molecule has 0 unspecified atom stereocenters. The first-order valence-corrected chi connectivity index (χ1v) is 9.47. The van der Waals surface area contributed by atoms with Crippen LogP contribution in [0.1, 0.15) is 12.6 Å². The number of hydrogen-bond acceptors (Lipinski definition) is 5. The maximum absolute atomic E-state index is 5.66. The van der Waals surface area contributed by atoms with Crippen molar-refractivity contribution in [2.45, 2.75) is 13.8 Å². The summed E-state index contributed by atoms with van der Waals surface area (Å²) >= 11 is 0. The Morgan fingerprint density at radius 2 is 1.82 bits per heavy atom. The van der Waals surface area contributed by atoms with Crippen LogP contribution >= 0.6 is 12.4 Å². The Kier molecular flexibility index (Phi) is 6.60. The van der Waals surface area contributed by atoms with E-state index in [1.54, 1.807) is 0 Å². The topological polar surface area (TPSA) is 46.6 Å². The van der Waals surface area contributed by atoms with E-state index < -0.39 is 0 Å². The maximum atomic E-state index is 5.66. The summed E-state index contributed by atoms with van der Waals surface area (Å²) in [6.45, 7) is 8.14. The minimum atomic E-state index is 0. The standard InChI is InChI=1S/C22H25N3O2.ClH/c1-3-27-19-8-9-21-20(15-19)22(14-16(2)23-21)24-17-4-6-18(7-5-17)25-10-12-26-13-11-25;/h4-9,14-15H,3,10-13H2,1-2H3,(H,23,24);1H. The van der Waals surface area contributed by atoms with Crippen LogP contribution in [0.25, 0.3) is 10.9 Å². The summed E-state index contributed by atoms with van der Waals surface area (Å²) in [4.78, 5) is 7.00. The molecule has 5 nitrogen and oxygen atoms in total. The fraction of sp³-hybridized carbons (Fsp3) is 0.318. The number of anilines is 3. The molecule has 0 amide bonds. The molecule has 28 heavy (non-hydrogen) atoms. The third-order valence-corrected chi connectivity index (χ3v) is 4.74. The van der Waals surface area contributed by atoms with E-state index in [2.05, 4.69) is 51.6 Å². The molecule has 0 saturated carbocycles. The number of ether oxygens (including phenoxy) is 2. The molecule has 0 aliphatic carbocycles. The molecule has 1 saturated heterocycles. The molecule has 0 spiro atoms. The minimum Gasteiger partial charge on any atom is -0.494 e. The van der Waals surface area contributed by atoms with E-state index in [0.717, 1.165) is 60.0 Å². The first kappa shape index (κ1) is 20.2. The lowest BCUT2D eigenvalue weighted by Crippen LogP contribution is -2.36. The number of halogens is 1. The number of nitrogens with one attached hydrogen (secondary N) is 1. The van der Waals surface area contributed by atoms with E-state index in [-0.39, 0.29) is 12.4 Å². The second-order valence-corrected chi connectivity index (χ2v) is 6.69. The van der Waals surface area contributed by atoms with Crippen molar-refractivity contribution in [1.82, 2.24) is 4.98 Å². The van der Waals surface area contributed by atoms with Crippen molar-refractivity contribution in [1.29, 1.82) is 0 Å². The van der Waals surface area contributed by atoms with Gasteiger partial charge >= 0.3 is 0 Å². The number of nitrogens with zero attached hydrogens (tertiary/aromatic N) is 2. The lowest BCUT2D eigenvalue weighted by atomic mass is 10.1. The first-order chi connectivity index (χ1) is 13.2. The van der Waals surface area contributed by atoms with Crippen LogP contribution < -0.4 is 15.0 Å². The quantitative estimate of drug-likeness (QED) is 0.658. The van der Waals surface area contributed by atoms with Crippen molar-refractivity contribution in [2.75, 3.05) is 43.1 Å². The van der Waals surface area contributed by atoms with E-state index in [9.17, 15) is 0 Å². The smallest absolute Gasteiger partial charge is 0.120 e. The predicted octanol–water partition coefficient (Wildman–Crippen LogP) is 4.94. The molecule has 2 heterocycles. The molecule has 2 aromatic carbocycles. The van der Waals surface area contributed by atoms with Crippen molar-refractivity contribution in [3.63, 3.8) is 0 Å². The van der Waals surface area contributed by atoms with Crippen LogP contribution in [0.2, 0.25) is 0 Å². The number of benzene rings is 2. The largest absolute Gasteiger partial charge is 0.494 e. The maximum Gasteiger partial charge on any atom is 0.120 e. The number of hydrogen-bond donors (Lipinski definition) is 1. The van der Waals surface area contributed by atoms with Crippen LogP contribution in [0.15, 0.2) is 48.5 Å². The van der Waals surface area contributed by atoms with Crippen LogP contribution in [0.4, 0.5) is 17.1 Å². The van der Waals surface area contributed by atoms with Gasteiger partial charge in [0.1, 0.15) is 5.75 Å². The van der Waals surface area contributed by atoms with Crippen LogP contribution in [-0.4, -0.2) is 37.9 Å². The van der Waals surface area contributed by atoms with Crippen LogP contribution in [0.5, 0.6) is 5.75 Å². The zero-order valence-electron chi connectivity index (χ0n) is 16.3. The number of aryl methyl sites for hydroxylation is 1. The molecule has 4 rings (SSSR count). The molecular weight excluding hydrogens is 374 g/mol. The zero-order valence-corrected chi connectivity index (χ0v) is 17.1. The number of rotatable bonds is 5. The molecule has 1 aliphatic rings. The van der Waals surface area contributed by atoms with Gasteiger partial charge in [-0.25, -0.2) is 0 Å². The van der Waals surface area contributed by atoms with Gasteiger partial charge in [-0.15, -0.1) is 12.4 Å². The van der Waals surface area contributed by atoms with E-state index in [1.807, 2.05) is 26.0 Å². The Hall–Kier alpha value is -2.50. The highest BCUT2D eigenvalue weighted by atomic mass is 35.5. The van der Waals surface area contributed by atoms with Gasteiger partial charge in [-0.1, -0.05) is 0 Å². The molecule has 3 aromatic rings. The Bertz CT molecular complexity index is 925. The van der Waals surface area contributed by atoms with Gasteiger partial charge in [0.2, 0.25) is 0 Å². The Labute approximate surface area is 172 Å². The SMILES string of the molecule is CCOc1ccc2nc(C)cc(Nc3ccc(N4CCOCC4)cc3)c2c1.Cl. The summed E-state index contributed by atoms with van der Waals surface area (Å²) in [6.07, 6.45) is 0. The van der Waals surface area contributed by atoms with Gasteiger partial charge < -0.3 is 19.7 Å². The molecule has 1 aliphatic heterocycles. The highest BCUT2D eigenvalue weighted by molar-refractivity contribution is 5.94. The zero-order chi connectivity index (χ0) is 18.6. The summed E-state index contributed by atoms with van der Waals surface area (Å²) in [7, 11) is 0. The highest BCUT2D eigenvalue weighted by Gasteiger charge is 2.11. The van der Waals surface area contributed by atoms with Gasteiger partial charge in [0.25, 0.3) is 0 Å². The summed E-state index contributed by atoms with van der Waals surface area (Å²) in [5.74, 6) is 0.862. The summed E-state index contributed by atoms with van der Waals surface area (Å²) in [6, 6.07) is 16.7. The number of fused-ring (bicyclic) bond motifs is 1. The van der Waals surface area contributed by atoms with Crippen LogP contribution in [-0.2, 0) is 4.74 Å². The molecule has 0 atom stereocenters. The monoisotopic (exact) mass is 399 g/mol. The normalized spacial score (nSPS) is 13.9. The predicted molar refractivity (Wildman–Crippen MR) is 118 cm³/mol. The summed E-state index contributed by atoms with van der Waals surface area (Å²) in [5.41, 5.74) is 5.28. The average molecular weight is 400 g/mol. The van der Waals surface area contributed by atoms with Crippen molar-refractivity contribution < 1.29 is 9.47 Å². The Morgan fingerprint density at radius 3 is 2.54 bits per heavy atom. The van der Waals surface area contributed by atoms with Crippen molar-refractivity contribution >= 4 is 40.4 Å². The van der Waals surface area contributed by atoms with Crippen molar-refractivity contribution in [2.24, 2.45) is 0 Å². The van der Waals surface area contributed by atoms with Gasteiger partial charge in [0, 0.05) is 41.2 Å². The van der Waals surface area contributed by atoms with E-state index in [1.165, 1.54) is 5.69 Å². The molecule has 1 fully saturated rings. The Balaban J connectivity index is 0.00000225. The van der Waals surface area contributed by atoms with Gasteiger partial charge in [-0.3, -0.25) is 4.98 Å². The van der Waals surface area contributed by atoms with Gasteiger partial charge in [-0.05, 0) is 62.4 Å². The van der Waals surface area contributed by atoms with Crippen molar-refractivity contribution in [3.8, 4) is 5.75 Å². The number of morpholine rings is 1. The molecule has 6 heteroatoms. The fourth-order valence-electron chi connectivity index (χ4n) is 3.43. The Morgan fingerprint density at radius 1 is 1.07 bits per heavy atom. The van der Waals surface area contributed by atoms with E-state index >= 15 is 0 Å². The number of aromatic nitrogens is 1. The van der Waals surface area contributed by atoms with E-state index in [0.29, 0.717) is 6.61 Å². The molecule has 0 radical (unpaired) electrons. The first-order valence-electron chi connectivity index (χ1n) is 9.47. The van der Waals surface area contributed by atoms with Gasteiger partial charge in [-0.2, -0.15) is 0 Å². The lowest BCUT2D eigenvalue weighted by molar-refractivity contribution is 0.122. The number of pyridine rings is 1. The fourth-order valence-corrected chi connectivity index (χ4v) is 3.43. The molecule has 1 aromatic heterocycles. The summed E-state index contributed by atoms with van der Waals surface area (Å²) in [5, 5.41) is 4.61. The van der Waals surface area contributed by atoms with Crippen LogP contribution in [0, 0.1) is 6.92 Å². The minimum absolute atomic E-state index is 0. The molecule has 0 bridgehead atoms. The average Bonchev–Trinajstić information content (AvgIpc) is 2.70. The van der Waals surface area contributed by atoms with E-state index in [4.69, 9.17) is 9.47 Å². The molecule has 148 valence electrons. The lowest BCUT2D eigenvalue weighted by Gasteiger charge is -2.29. The van der Waals surface area contributed by atoms with Crippen LogP contribution in [0.3, 0.4) is 0 Å². The third-order valence-electron chi connectivity index (χ3n) is 4.74. The highest BCUT2D eigenvalue weighted by Crippen LogP contribution is 2.30. The second kappa shape index (κ2) is 9.13. The molecular formula is C22H26ClN3O2. The van der Waals surface area contributed by atoms with Gasteiger partial charge in [0.05, 0.1) is 25.3 Å². The van der Waals surface area contributed by atoms with Crippen molar-refractivity contribution in [3.05, 3.63) is 54.2 Å². The second-order valence-electron chi connectivity index (χ2n) is 6.69. The summed E-state index contributed by atoms with van der Waals surface area (Å²) < 4.78 is 11.1. The van der Waals surface area contributed by atoms with Gasteiger partial charge in [0.15, 0.2) is 0 Å². The third kappa shape index (κ3) is 4.49.